The number of hydrogen-bond donors (Lipinski definition) is 2. The molecule has 0 spiro atoms. The van der Waals surface area contributed by atoms with E-state index in [1.807, 2.05) is 0 Å². The van der Waals surface area contributed by atoms with Gasteiger partial charge in [0.25, 0.3) is 0 Å². The van der Waals surface area contributed by atoms with Crippen molar-refractivity contribution >= 4 is 11.6 Å². The summed E-state index contributed by atoms with van der Waals surface area (Å²) in [5, 5.41) is 2.71. The first-order valence-corrected chi connectivity index (χ1v) is 6.59. The highest BCUT2D eigenvalue weighted by atomic mass is 19.1. The van der Waals surface area contributed by atoms with Crippen LogP contribution in [0.2, 0.25) is 0 Å². The summed E-state index contributed by atoms with van der Waals surface area (Å²) in [4.78, 5) is 14.0. The van der Waals surface area contributed by atoms with Crippen molar-refractivity contribution in [2.45, 2.75) is 31.8 Å². The molecule has 0 aromatic heterocycles. The molecule has 0 bridgehead atoms. The first kappa shape index (κ1) is 14.0. The van der Waals surface area contributed by atoms with Crippen LogP contribution in [0.15, 0.2) is 24.3 Å². The molecule has 1 aromatic carbocycles. The minimum Gasteiger partial charge on any atom is -0.328 e. The number of hydrogen-bond acceptors (Lipinski definition) is 3. The number of nitrogens with two attached hydrogens (primary N) is 1. The summed E-state index contributed by atoms with van der Waals surface area (Å²) in [7, 11) is 0. The fourth-order valence-corrected chi connectivity index (χ4v) is 2.44. The van der Waals surface area contributed by atoms with E-state index >= 15 is 0 Å². The standard InChI is InChI=1S/C14H20FN3O/c1-10-7-12(16)5-6-18(10)9-14(19)17-13-4-2-3-11(15)8-13/h2-4,8,10,12H,5-7,9,16H2,1H3,(H,17,19). The number of piperidine rings is 1. The Morgan fingerprint density at radius 2 is 2.37 bits per heavy atom. The van der Waals surface area contributed by atoms with Gasteiger partial charge in [0.05, 0.1) is 6.54 Å². The van der Waals surface area contributed by atoms with Crippen LogP contribution in [-0.2, 0) is 4.79 Å². The Morgan fingerprint density at radius 3 is 3.05 bits per heavy atom. The third-order valence-corrected chi connectivity index (χ3v) is 3.51. The Hall–Kier alpha value is -1.46. The Bertz CT molecular complexity index is 452. The van der Waals surface area contributed by atoms with E-state index in [2.05, 4.69) is 17.1 Å². The van der Waals surface area contributed by atoms with Gasteiger partial charge in [-0.15, -0.1) is 0 Å². The molecule has 1 aromatic rings. The summed E-state index contributed by atoms with van der Waals surface area (Å²) >= 11 is 0. The average molecular weight is 265 g/mol. The number of carbonyl (C=O) groups is 1. The Labute approximate surface area is 112 Å². The van der Waals surface area contributed by atoms with Crippen LogP contribution in [-0.4, -0.2) is 36.0 Å². The van der Waals surface area contributed by atoms with Crippen molar-refractivity contribution in [3.05, 3.63) is 30.1 Å². The Morgan fingerprint density at radius 1 is 1.58 bits per heavy atom. The molecule has 4 nitrogen and oxygen atoms in total. The maximum atomic E-state index is 13.0. The summed E-state index contributed by atoms with van der Waals surface area (Å²) in [6.45, 7) is 3.23. The number of carbonyl (C=O) groups excluding carboxylic acids is 1. The van der Waals surface area contributed by atoms with Gasteiger partial charge in [-0.05, 0) is 38.0 Å². The van der Waals surface area contributed by atoms with Crippen molar-refractivity contribution in [2.24, 2.45) is 5.73 Å². The molecule has 2 rings (SSSR count). The number of nitrogens with zero attached hydrogens (tertiary/aromatic N) is 1. The molecule has 1 amide bonds. The lowest BCUT2D eigenvalue weighted by atomic mass is 9.99. The molecule has 0 radical (unpaired) electrons. The quantitative estimate of drug-likeness (QED) is 0.872. The van der Waals surface area contributed by atoms with Crippen LogP contribution >= 0.6 is 0 Å². The van der Waals surface area contributed by atoms with Crippen molar-refractivity contribution in [2.75, 3.05) is 18.4 Å². The van der Waals surface area contributed by atoms with Gasteiger partial charge in [-0.1, -0.05) is 6.07 Å². The third-order valence-electron chi connectivity index (χ3n) is 3.51. The zero-order valence-corrected chi connectivity index (χ0v) is 11.1. The lowest BCUT2D eigenvalue weighted by molar-refractivity contribution is -0.118. The second-order valence-corrected chi connectivity index (χ2v) is 5.16. The number of amides is 1. The molecular weight excluding hydrogens is 245 g/mol. The van der Waals surface area contributed by atoms with E-state index in [0.717, 1.165) is 19.4 Å². The van der Waals surface area contributed by atoms with E-state index in [1.54, 1.807) is 12.1 Å². The van der Waals surface area contributed by atoms with Gasteiger partial charge in [-0.25, -0.2) is 4.39 Å². The number of anilines is 1. The van der Waals surface area contributed by atoms with Gasteiger partial charge in [0.1, 0.15) is 5.82 Å². The van der Waals surface area contributed by atoms with Crippen LogP contribution < -0.4 is 11.1 Å². The zero-order chi connectivity index (χ0) is 13.8. The normalized spacial score (nSPS) is 24.2. The molecule has 0 saturated carbocycles. The van der Waals surface area contributed by atoms with Crippen molar-refractivity contribution in [3.63, 3.8) is 0 Å². The van der Waals surface area contributed by atoms with Gasteiger partial charge >= 0.3 is 0 Å². The second kappa shape index (κ2) is 6.12. The van der Waals surface area contributed by atoms with Crippen LogP contribution in [0.4, 0.5) is 10.1 Å². The highest BCUT2D eigenvalue weighted by Gasteiger charge is 2.24. The molecule has 1 aliphatic rings. The van der Waals surface area contributed by atoms with Gasteiger partial charge in [0.15, 0.2) is 0 Å². The minimum absolute atomic E-state index is 0.118. The molecule has 0 aliphatic carbocycles. The molecule has 1 heterocycles. The summed E-state index contributed by atoms with van der Waals surface area (Å²) in [6.07, 6.45) is 1.82. The topological polar surface area (TPSA) is 58.4 Å². The van der Waals surface area contributed by atoms with E-state index in [4.69, 9.17) is 5.73 Å². The minimum atomic E-state index is -0.352. The van der Waals surface area contributed by atoms with Crippen LogP contribution in [0.3, 0.4) is 0 Å². The number of benzene rings is 1. The lowest BCUT2D eigenvalue weighted by Crippen LogP contribution is -2.48. The molecule has 1 fully saturated rings. The predicted octanol–water partition coefficient (Wildman–Crippen LogP) is 1.58. The summed E-state index contributed by atoms with van der Waals surface area (Å²) < 4.78 is 13.0. The highest BCUT2D eigenvalue weighted by Crippen LogP contribution is 2.16. The molecule has 19 heavy (non-hydrogen) atoms. The fraction of sp³-hybridized carbons (Fsp3) is 0.500. The Balaban J connectivity index is 1.87. The largest absolute Gasteiger partial charge is 0.328 e. The molecule has 3 N–H and O–H groups in total. The second-order valence-electron chi connectivity index (χ2n) is 5.16. The molecule has 2 unspecified atom stereocenters. The monoisotopic (exact) mass is 265 g/mol. The number of nitrogens with one attached hydrogen (secondary N) is 1. The predicted molar refractivity (Wildman–Crippen MR) is 73.3 cm³/mol. The van der Waals surface area contributed by atoms with E-state index in [0.29, 0.717) is 18.3 Å². The molecule has 1 saturated heterocycles. The van der Waals surface area contributed by atoms with Gasteiger partial charge < -0.3 is 11.1 Å². The van der Waals surface area contributed by atoms with Crippen molar-refractivity contribution in [1.29, 1.82) is 0 Å². The van der Waals surface area contributed by atoms with Crippen molar-refractivity contribution in [3.8, 4) is 0 Å². The van der Waals surface area contributed by atoms with Gasteiger partial charge in [0.2, 0.25) is 5.91 Å². The number of likely N-dealkylation sites (tertiary alicyclic amines) is 1. The number of halogens is 1. The van der Waals surface area contributed by atoms with E-state index in [9.17, 15) is 9.18 Å². The average Bonchev–Trinajstić information content (AvgIpc) is 2.33. The molecular formula is C14H20FN3O. The summed E-state index contributed by atoms with van der Waals surface area (Å²) in [5.41, 5.74) is 6.38. The SMILES string of the molecule is CC1CC(N)CCN1CC(=O)Nc1cccc(F)c1. The molecule has 1 aliphatic heterocycles. The Kier molecular flexibility index (Phi) is 4.50. The van der Waals surface area contributed by atoms with Crippen LogP contribution in [0.25, 0.3) is 0 Å². The first-order valence-electron chi connectivity index (χ1n) is 6.59. The van der Waals surface area contributed by atoms with Gasteiger partial charge in [0, 0.05) is 24.3 Å². The van der Waals surface area contributed by atoms with Crippen LogP contribution in [0.5, 0.6) is 0 Å². The van der Waals surface area contributed by atoms with E-state index in [-0.39, 0.29) is 17.8 Å². The number of rotatable bonds is 3. The van der Waals surface area contributed by atoms with Gasteiger partial charge in [-0.2, -0.15) is 0 Å². The van der Waals surface area contributed by atoms with Crippen molar-refractivity contribution < 1.29 is 9.18 Å². The van der Waals surface area contributed by atoms with E-state index in [1.165, 1.54) is 12.1 Å². The fourth-order valence-electron chi connectivity index (χ4n) is 2.44. The molecule has 104 valence electrons. The zero-order valence-electron chi connectivity index (χ0n) is 11.1. The lowest BCUT2D eigenvalue weighted by Gasteiger charge is -2.35. The maximum absolute atomic E-state index is 13.0. The maximum Gasteiger partial charge on any atom is 0.238 e. The first-order chi connectivity index (χ1) is 9.04. The highest BCUT2D eigenvalue weighted by molar-refractivity contribution is 5.92. The smallest absolute Gasteiger partial charge is 0.238 e. The molecule has 5 heteroatoms. The third kappa shape index (κ3) is 4.01. The van der Waals surface area contributed by atoms with Crippen LogP contribution in [0, 0.1) is 5.82 Å². The molecule has 2 atom stereocenters. The van der Waals surface area contributed by atoms with Crippen molar-refractivity contribution in [1.82, 2.24) is 4.90 Å². The van der Waals surface area contributed by atoms with Gasteiger partial charge in [-0.3, -0.25) is 9.69 Å². The summed E-state index contributed by atoms with van der Waals surface area (Å²) in [6, 6.07) is 6.46. The van der Waals surface area contributed by atoms with Crippen LogP contribution in [0.1, 0.15) is 19.8 Å². The summed E-state index contributed by atoms with van der Waals surface area (Å²) in [5.74, 6) is -0.469. The van der Waals surface area contributed by atoms with E-state index < -0.39 is 0 Å².